The van der Waals surface area contributed by atoms with Crippen molar-refractivity contribution in [3.63, 3.8) is 0 Å². The van der Waals surface area contributed by atoms with E-state index in [0.717, 1.165) is 48.8 Å². The number of hydrogen-bond acceptors (Lipinski definition) is 5. The summed E-state index contributed by atoms with van der Waals surface area (Å²) in [5.74, 6) is 0.654. The minimum Gasteiger partial charge on any atom is -0.372 e. The molecule has 0 aliphatic carbocycles. The maximum absolute atomic E-state index is 12.5. The number of aromatic nitrogens is 2. The SMILES string of the molecule is CCCn1c(CCC(=O)Nc2ccc(N(CC)CC)cc2)nc2cc(S(N)(=O)=O)ccc21. The Morgan fingerprint density at radius 3 is 2.38 bits per heavy atom. The number of aryl methyl sites for hydroxylation is 2. The molecule has 0 fully saturated rings. The standard InChI is InChI=1S/C23H31N5O3S/c1-4-15-28-21-12-11-19(32(24,30)31)16-20(21)26-22(28)13-14-23(29)25-17-7-9-18(10-8-17)27(5-2)6-3/h7-12,16H,4-6,13-15H2,1-3H3,(H,25,29)(H2,24,30,31). The third kappa shape index (κ3) is 5.46. The van der Waals surface area contributed by atoms with Crippen molar-refractivity contribution in [1.82, 2.24) is 9.55 Å². The highest BCUT2D eigenvalue weighted by Gasteiger charge is 2.15. The number of carbonyl (C=O) groups is 1. The molecule has 0 saturated heterocycles. The number of nitrogens with zero attached hydrogens (tertiary/aromatic N) is 3. The highest BCUT2D eigenvalue weighted by atomic mass is 32.2. The summed E-state index contributed by atoms with van der Waals surface area (Å²) < 4.78 is 25.4. The first-order valence-corrected chi connectivity index (χ1v) is 12.5. The molecular weight excluding hydrogens is 426 g/mol. The van der Waals surface area contributed by atoms with Crippen molar-refractivity contribution in [2.75, 3.05) is 23.3 Å². The summed E-state index contributed by atoms with van der Waals surface area (Å²) in [4.78, 5) is 19.4. The first-order chi connectivity index (χ1) is 15.3. The van der Waals surface area contributed by atoms with Crippen LogP contribution in [0.3, 0.4) is 0 Å². The van der Waals surface area contributed by atoms with E-state index in [-0.39, 0.29) is 17.2 Å². The lowest BCUT2D eigenvalue weighted by Crippen LogP contribution is -2.21. The van der Waals surface area contributed by atoms with Gasteiger partial charge in [0.1, 0.15) is 5.82 Å². The number of anilines is 2. The van der Waals surface area contributed by atoms with Gasteiger partial charge in [0, 0.05) is 43.9 Å². The number of nitrogens with one attached hydrogen (secondary N) is 1. The number of amides is 1. The molecular formula is C23H31N5O3S. The predicted molar refractivity (Wildman–Crippen MR) is 128 cm³/mol. The molecule has 0 unspecified atom stereocenters. The minimum atomic E-state index is -3.80. The van der Waals surface area contributed by atoms with Gasteiger partial charge in [-0.3, -0.25) is 4.79 Å². The summed E-state index contributed by atoms with van der Waals surface area (Å²) in [5, 5.41) is 8.18. The molecule has 0 saturated carbocycles. The zero-order valence-electron chi connectivity index (χ0n) is 18.8. The highest BCUT2D eigenvalue weighted by Crippen LogP contribution is 2.22. The summed E-state index contributed by atoms with van der Waals surface area (Å²) in [6, 6.07) is 12.5. The van der Waals surface area contributed by atoms with Crippen LogP contribution >= 0.6 is 0 Å². The lowest BCUT2D eigenvalue weighted by molar-refractivity contribution is -0.116. The number of benzene rings is 2. The quantitative estimate of drug-likeness (QED) is 0.484. The second kappa shape index (κ2) is 10.1. The zero-order chi connectivity index (χ0) is 23.3. The molecule has 0 radical (unpaired) electrons. The van der Waals surface area contributed by atoms with Crippen molar-refractivity contribution in [3.8, 4) is 0 Å². The van der Waals surface area contributed by atoms with Crippen molar-refractivity contribution in [2.24, 2.45) is 5.14 Å². The van der Waals surface area contributed by atoms with Crippen molar-refractivity contribution < 1.29 is 13.2 Å². The molecule has 9 heteroatoms. The molecule has 0 atom stereocenters. The van der Waals surface area contributed by atoms with Crippen LogP contribution in [0, 0.1) is 0 Å². The molecule has 3 aromatic rings. The molecule has 0 aliphatic heterocycles. The fraction of sp³-hybridized carbons (Fsp3) is 0.391. The number of carbonyl (C=O) groups excluding carboxylic acids is 1. The Labute approximate surface area is 189 Å². The zero-order valence-corrected chi connectivity index (χ0v) is 19.7. The Morgan fingerprint density at radius 2 is 1.78 bits per heavy atom. The normalized spacial score (nSPS) is 11.6. The number of hydrogen-bond donors (Lipinski definition) is 2. The van der Waals surface area contributed by atoms with Gasteiger partial charge in [0.15, 0.2) is 0 Å². The summed E-state index contributed by atoms with van der Waals surface area (Å²) in [6.45, 7) is 8.87. The number of rotatable bonds is 10. The maximum Gasteiger partial charge on any atom is 0.238 e. The smallest absolute Gasteiger partial charge is 0.238 e. The van der Waals surface area contributed by atoms with Crippen LogP contribution in [0.5, 0.6) is 0 Å². The minimum absolute atomic E-state index is 0.0311. The molecule has 3 rings (SSSR count). The van der Waals surface area contributed by atoms with Crippen LogP contribution in [0.25, 0.3) is 11.0 Å². The van der Waals surface area contributed by atoms with E-state index in [4.69, 9.17) is 5.14 Å². The predicted octanol–water partition coefficient (Wildman–Crippen LogP) is 3.51. The highest BCUT2D eigenvalue weighted by molar-refractivity contribution is 7.89. The number of primary sulfonamides is 1. The van der Waals surface area contributed by atoms with Gasteiger partial charge in [0.05, 0.1) is 15.9 Å². The third-order valence-corrected chi connectivity index (χ3v) is 6.34. The molecule has 8 nitrogen and oxygen atoms in total. The van der Waals surface area contributed by atoms with E-state index < -0.39 is 10.0 Å². The van der Waals surface area contributed by atoms with Gasteiger partial charge in [-0.25, -0.2) is 18.5 Å². The van der Waals surface area contributed by atoms with E-state index in [1.807, 2.05) is 28.8 Å². The molecule has 1 aromatic heterocycles. The Morgan fingerprint density at radius 1 is 1.09 bits per heavy atom. The van der Waals surface area contributed by atoms with E-state index in [2.05, 4.69) is 36.0 Å². The van der Waals surface area contributed by atoms with Crippen LogP contribution in [-0.4, -0.2) is 37.0 Å². The molecule has 172 valence electrons. The Bertz CT molecular complexity index is 1180. The summed E-state index contributed by atoms with van der Waals surface area (Å²) in [7, 11) is -3.80. The van der Waals surface area contributed by atoms with Crippen molar-refractivity contribution in [3.05, 3.63) is 48.3 Å². The van der Waals surface area contributed by atoms with Gasteiger partial charge in [-0.2, -0.15) is 0 Å². The molecule has 0 aliphatic rings. The van der Waals surface area contributed by atoms with Gasteiger partial charge in [0.2, 0.25) is 15.9 Å². The van der Waals surface area contributed by atoms with Crippen LogP contribution in [0.2, 0.25) is 0 Å². The fourth-order valence-corrected chi connectivity index (χ4v) is 4.33. The van der Waals surface area contributed by atoms with Crippen LogP contribution in [0.4, 0.5) is 11.4 Å². The summed E-state index contributed by atoms with van der Waals surface area (Å²) in [6.07, 6.45) is 1.61. The van der Waals surface area contributed by atoms with Crippen LogP contribution in [0.15, 0.2) is 47.4 Å². The van der Waals surface area contributed by atoms with E-state index >= 15 is 0 Å². The van der Waals surface area contributed by atoms with Crippen LogP contribution in [0.1, 0.15) is 39.4 Å². The van der Waals surface area contributed by atoms with Gasteiger partial charge in [-0.15, -0.1) is 0 Å². The monoisotopic (exact) mass is 457 g/mol. The summed E-state index contributed by atoms with van der Waals surface area (Å²) >= 11 is 0. The fourth-order valence-electron chi connectivity index (χ4n) is 3.79. The van der Waals surface area contributed by atoms with Crippen molar-refractivity contribution in [1.29, 1.82) is 0 Å². The lowest BCUT2D eigenvalue weighted by Gasteiger charge is -2.21. The molecule has 0 bridgehead atoms. The molecule has 1 amide bonds. The van der Waals surface area contributed by atoms with E-state index in [1.165, 1.54) is 12.1 Å². The molecule has 3 N–H and O–H groups in total. The lowest BCUT2D eigenvalue weighted by atomic mass is 10.2. The number of nitrogens with two attached hydrogens (primary N) is 1. The van der Waals surface area contributed by atoms with E-state index in [1.54, 1.807) is 6.07 Å². The number of sulfonamides is 1. The van der Waals surface area contributed by atoms with E-state index in [0.29, 0.717) is 11.9 Å². The average Bonchev–Trinajstić information content (AvgIpc) is 3.11. The van der Waals surface area contributed by atoms with Crippen LogP contribution in [-0.2, 0) is 27.8 Å². The first-order valence-electron chi connectivity index (χ1n) is 10.9. The second-order valence-electron chi connectivity index (χ2n) is 7.64. The van der Waals surface area contributed by atoms with Gasteiger partial charge >= 0.3 is 0 Å². The first kappa shape index (κ1) is 23.7. The molecule has 0 spiro atoms. The van der Waals surface area contributed by atoms with Crippen LogP contribution < -0.4 is 15.4 Å². The summed E-state index contributed by atoms with van der Waals surface area (Å²) in [5.41, 5.74) is 3.28. The second-order valence-corrected chi connectivity index (χ2v) is 9.20. The molecule has 32 heavy (non-hydrogen) atoms. The van der Waals surface area contributed by atoms with Gasteiger partial charge in [-0.05, 0) is 62.7 Å². The van der Waals surface area contributed by atoms with Crippen molar-refractivity contribution >= 4 is 38.3 Å². The topological polar surface area (TPSA) is 110 Å². The Kier molecular flexibility index (Phi) is 7.52. The van der Waals surface area contributed by atoms with Gasteiger partial charge in [-0.1, -0.05) is 6.92 Å². The number of fused-ring (bicyclic) bond motifs is 1. The van der Waals surface area contributed by atoms with Gasteiger partial charge < -0.3 is 14.8 Å². The molecule has 1 heterocycles. The number of imidazole rings is 1. The van der Waals surface area contributed by atoms with E-state index in [9.17, 15) is 13.2 Å². The maximum atomic E-state index is 12.5. The average molecular weight is 458 g/mol. The Hall–Kier alpha value is -2.91. The Balaban J connectivity index is 1.72. The largest absolute Gasteiger partial charge is 0.372 e. The van der Waals surface area contributed by atoms with Crippen molar-refractivity contribution in [2.45, 2.75) is 51.5 Å². The van der Waals surface area contributed by atoms with Gasteiger partial charge in [0.25, 0.3) is 0 Å². The molecule has 2 aromatic carbocycles. The third-order valence-electron chi connectivity index (χ3n) is 5.43.